The third-order valence-electron chi connectivity index (χ3n) is 3.46. The number of rotatable bonds is 6. The summed E-state index contributed by atoms with van der Waals surface area (Å²) in [5.41, 5.74) is 0.614. The first-order chi connectivity index (χ1) is 11.3. The molecule has 0 bridgehead atoms. The molecule has 126 valence electrons. The predicted octanol–water partition coefficient (Wildman–Crippen LogP) is 3.06. The van der Waals surface area contributed by atoms with Crippen LogP contribution < -0.4 is 0 Å². The summed E-state index contributed by atoms with van der Waals surface area (Å²) in [7, 11) is -3.41. The van der Waals surface area contributed by atoms with Crippen molar-refractivity contribution >= 4 is 15.7 Å². The Balaban J connectivity index is 2.33. The summed E-state index contributed by atoms with van der Waals surface area (Å²) >= 11 is 0. The monoisotopic (exact) mass is 347 g/mol. The Morgan fingerprint density at radius 2 is 1.92 bits per heavy atom. The van der Waals surface area contributed by atoms with Crippen LogP contribution in [0.25, 0.3) is 0 Å². The fraction of sp³-hybridized carbons (Fsp3) is 0.167. The maximum Gasteiger partial charge on any atom is 0.254 e. The van der Waals surface area contributed by atoms with Gasteiger partial charge in [0.1, 0.15) is 5.82 Å². The van der Waals surface area contributed by atoms with Gasteiger partial charge in [0.15, 0.2) is 9.84 Å². The van der Waals surface area contributed by atoms with Crippen molar-refractivity contribution in [2.24, 2.45) is 0 Å². The fourth-order valence-electron chi connectivity index (χ4n) is 2.25. The first-order valence-electron chi connectivity index (χ1n) is 7.26. The third kappa shape index (κ3) is 4.29. The molecule has 0 fully saturated rings. The molecule has 0 aliphatic carbocycles. The molecule has 4 nitrogen and oxygen atoms in total. The zero-order chi connectivity index (χ0) is 17.7. The van der Waals surface area contributed by atoms with Crippen LogP contribution in [-0.4, -0.2) is 32.0 Å². The lowest BCUT2D eigenvalue weighted by molar-refractivity contribution is 0.0761. The topological polar surface area (TPSA) is 54.5 Å². The summed E-state index contributed by atoms with van der Waals surface area (Å²) in [4.78, 5) is 14.2. The molecule has 2 rings (SSSR count). The molecule has 0 heterocycles. The number of halogens is 1. The van der Waals surface area contributed by atoms with Crippen molar-refractivity contribution in [2.45, 2.75) is 11.4 Å². The first kappa shape index (κ1) is 17.9. The van der Waals surface area contributed by atoms with E-state index >= 15 is 0 Å². The highest BCUT2D eigenvalue weighted by molar-refractivity contribution is 7.90. The van der Waals surface area contributed by atoms with Crippen LogP contribution in [0.15, 0.2) is 66.1 Å². The van der Waals surface area contributed by atoms with Gasteiger partial charge in [-0.3, -0.25) is 4.79 Å². The quantitative estimate of drug-likeness (QED) is 0.755. The molecule has 0 saturated carbocycles. The van der Waals surface area contributed by atoms with E-state index in [1.165, 1.54) is 35.2 Å². The van der Waals surface area contributed by atoms with Crippen LogP contribution in [0.3, 0.4) is 0 Å². The Morgan fingerprint density at radius 3 is 2.54 bits per heavy atom. The van der Waals surface area contributed by atoms with Gasteiger partial charge in [0.05, 0.1) is 4.90 Å². The Kier molecular flexibility index (Phi) is 5.51. The molecule has 6 heteroatoms. The highest BCUT2D eigenvalue weighted by atomic mass is 32.2. The van der Waals surface area contributed by atoms with E-state index in [2.05, 4.69) is 6.58 Å². The van der Waals surface area contributed by atoms with Crippen molar-refractivity contribution in [3.05, 3.63) is 78.1 Å². The van der Waals surface area contributed by atoms with Crippen LogP contribution in [0.1, 0.15) is 15.9 Å². The predicted molar refractivity (Wildman–Crippen MR) is 90.9 cm³/mol. The van der Waals surface area contributed by atoms with E-state index in [4.69, 9.17) is 0 Å². The minimum Gasteiger partial charge on any atom is -0.331 e. The van der Waals surface area contributed by atoms with Crippen LogP contribution in [-0.2, 0) is 16.4 Å². The number of nitrogens with zero attached hydrogens (tertiary/aromatic N) is 1. The minimum atomic E-state index is -3.41. The van der Waals surface area contributed by atoms with Gasteiger partial charge in [-0.25, -0.2) is 12.8 Å². The average molecular weight is 347 g/mol. The molecular weight excluding hydrogens is 329 g/mol. The number of hydrogen-bond acceptors (Lipinski definition) is 3. The van der Waals surface area contributed by atoms with Crippen LogP contribution in [0.4, 0.5) is 4.39 Å². The number of hydrogen-bond donors (Lipinski definition) is 0. The van der Waals surface area contributed by atoms with E-state index in [1.807, 2.05) is 0 Å². The van der Waals surface area contributed by atoms with Gasteiger partial charge in [-0.2, -0.15) is 0 Å². The van der Waals surface area contributed by atoms with Gasteiger partial charge in [0.2, 0.25) is 0 Å². The highest BCUT2D eigenvalue weighted by Crippen LogP contribution is 2.16. The van der Waals surface area contributed by atoms with Gasteiger partial charge >= 0.3 is 0 Å². The molecule has 0 spiro atoms. The van der Waals surface area contributed by atoms with Gasteiger partial charge in [-0.1, -0.05) is 30.3 Å². The average Bonchev–Trinajstić information content (AvgIpc) is 2.55. The molecule has 0 saturated heterocycles. The van der Waals surface area contributed by atoms with Gasteiger partial charge in [0.25, 0.3) is 5.91 Å². The summed E-state index contributed by atoms with van der Waals surface area (Å²) in [6, 6.07) is 12.0. The second kappa shape index (κ2) is 7.40. The first-order valence-corrected chi connectivity index (χ1v) is 9.16. The lowest BCUT2D eigenvalue weighted by Gasteiger charge is -2.22. The molecular formula is C18H18FNO3S. The van der Waals surface area contributed by atoms with Gasteiger partial charge in [-0.15, -0.1) is 6.58 Å². The number of carbonyl (C=O) groups is 1. The van der Waals surface area contributed by atoms with Crippen molar-refractivity contribution in [1.29, 1.82) is 0 Å². The molecule has 0 unspecified atom stereocenters. The summed E-state index contributed by atoms with van der Waals surface area (Å²) in [6.07, 6.45) is 2.62. The zero-order valence-corrected chi connectivity index (χ0v) is 14.1. The van der Waals surface area contributed by atoms with E-state index in [-0.39, 0.29) is 29.5 Å². The van der Waals surface area contributed by atoms with Crippen LogP contribution >= 0.6 is 0 Å². The number of benzene rings is 2. The second-order valence-electron chi connectivity index (χ2n) is 5.37. The Labute approximate surface area is 141 Å². The fourth-order valence-corrected chi connectivity index (χ4v) is 2.92. The van der Waals surface area contributed by atoms with E-state index in [0.29, 0.717) is 5.56 Å². The molecule has 0 aliphatic rings. The van der Waals surface area contributed by atoms with Gasteiger partial charge < -0.3 is 4.90 Å². The van der Waals surface area contributed by atoms with Crippen LogP contribution in [0.5, 0.6) is 0 Å². The zero-order valence-electron chi connectivity index (χ0n) is 13.3. The number of amides is 1. The summed E-state index contributed by atoms with van der Waals surface area (Å²) < 4.78 is 37.1. The van der Waals surface area contributed by atoms with Gasteiger partial charge in [0, 0.05) is 30.5 Å². The molecule has 1 amide bonds. The second-order valence-corrected chi connectivity index (χ2v) is 7.38. The Morgan fingerprint density at radius 1 is 1.21 bits per heavy atom. The Bertz CT molecular complexity index is 862. The molecule has 0 N–H and O–H groups in total. The Hall–Kier alpha value is -2.47. The summed E-state index contributed by atoms with van der Waals surface area (Å²) in [6.45, 7) is 3.90. The number of carbonyl (C=O) groups excluding carboxylic acids is 1. The van der Waals surface area contributed by atoms with Crippen molar-refractivity contribution in [3.63, 3.8) is 0 Å². The largest absolute Gasteiger partial charge is 0.331 e. The SMILES string of the molecule is C=CCN(Cc1ccccc1F)C(=O)c1cccc(S(C)(=O)=O)c1. The van der Waals surface area contributed by atoms with Crippen molar-refractivity contribution in [2.75, 3.05) is 12.8 Å². The van der Waals surface area contributed by atoms with E-state index in [1.54, 1.807) is 24.3 Å². The molecule has 0 atom stereocenters. The lowest BCUT2D eigenvalue weighted by Crippen LogP contribution is -2.31. The molecule has 0 aromatic heterocycles. The van der Waals surface area contributed by atoms with E-state index in [0.717, 1.165) is 6.26 Å². The van der Waals surface area contributed by atoms with Crippen molar-refractivity contribution in [3.8, 4) is 0 Å². The van der Waals surface area contributed by atoms with E-state index in [9.17, 15) is 17.6 Å². The highest BCUT2D eigenvalue weighted by Gasteiger charge is 2.18. The molecule has 2 aromatic rings. The van der Waals surface area contributed by atoms with Crippen LogP contribution in [0.2, 0.25) is 0 Å². The van der Waals surface area contributed by atoms with Crippen LogP contribution in [0, 0.1) is 5.82 Å². The maximum absolute atomic E-state index is 13.8. The number of sulfone groups is 1. The molecule has 0 radical (unpaired) electrons. The normalized spacial score (nSPS) is 11.1. The minimum absolute atomic E-state index is 0.0674. The lowest BCUT2D eigenvalue weighted by atomic mass is 10.1. The van der Waals surface area contributed by atoms with E-state index < -0.39 is 15.7 Å². The van der Waals surface area contributed by atoms with Crippen molar-refractivity contribution in [1.82, 2.24) is 4.90 Å². The maximum atomic E-state index is 13.8. The standard InChI is InChI=1S/C18H18FNO3S/c1-3-11-20(13-15-7-4-5-10-17(15)19)18(21)14-8-6-9-16(12-14)24(2,22)23/h3-10,12H,1,11,13H2,2H3. The summed E-state index contributed by atoms with van der Waals surface area (Å²) in [5, 5.41) is 0. The van der Waals surface area contributed by atoms with Crippen molar-refractivity contribution < 1.29 is 17.6 Å². The molecule has 0 aliphatic heterocycles. The smallest absolute Gasteiger partial charge is 0.254 e. The third-order valence-corrected chi connectivity index (χ3v) is 4.58. The molecule has 2 aromatic carbocycles. The molecule has 24 heavy (non-hydrogen) atoms. The van der Waals surface area contributed by atoms with Gasteiger partial charge in [-0.05, 0) is 24.3 Å². The summed E-state index contributed by atoms with van der Waals surface area (Å²) in [5.74, 6) is -0.784.